The van der Waals surface area contributed by atoms with Gasteiger partial charge in [0.15, 0.2) is 0 Å². The zero-order chi connectivity index (χ0) is 14.8. The van der Waals surface area contributed by atoms with Gasteiger partial charge in [-0.05, 0) is 27.7 Å². The van der Waals surface area contributed by atoms with Crippen LogP contribution in [0.15, 0.2) is 0 Å². The van der Waals surface area contributed by atoms with E-state index in [0.717, 1.165) is 4.90 Å². The Kier molecular flexibility index (Phi) is 4.19. The molecule has 7 nitrogen and oxygen atoms in total. The zero-order valence-electron chi connectivity index (χ0n) is 11.6. The van der Waals surface area contributed by atoms with Gasteiger partial charge in [0.2, 0.25) is 5.91 Å². The van der Waals surface area contributed by atoms with Crippen LogP contribution in [0, 0.1) is 5.41 Å². The maximum absolute atomic E-state index is 11.8. The number of carbonyl (C=O) groups excluding carboxylic acids is 2. The molecule has 0 saturated carbocycles. The number of carboxylic acids is 1. The monoisotopic (exact) mass is 272 g/mol. The van der Waals surface area contributed by atoms with E-state index in [1.165, 1.54) is 0 Å². The van der Waals surface area contributed by atoms with Gasteiger partial charge < -0.3 is 15.2 Å². The maximum Gasteiger partial charge on any atom is 0.416 e. The van der Waals surface area contributed by atoms with Crippen molar-refractivity contribution in [1.82, 2.24) is 10.2 Å². The van der Waals surface area contributed by atoms with Gasteiger partial charge in [-0.3, -0.25) is 9.59 Å². The van der Waals surface area contributed by atoms with Crippen molar-refractivity contribution in [3.63, 3.8) is 0 Å². The van der Waals surface area contributed by atoms with Crippen LogP contribution in [0.1, 0.15) is 27.7 Å². The molecule has 1 aliphatic heterocycles. The highest BCUT2D eigenvalue weighted by Gasteiger charge is 2.43. The maximum atomic E-state index is 11.8. The quantitative estimate of drug-likeness (QED) is 0.754. The third-order valence-electron chi connectivity index (χ3n) is 3.84. The highest BCUT2D eigenvalue weighted by Crippen LogP contribution is 2.30. The second kappa shape index (κ2) is 5.16. The van der Waals surface area contributed by atoms with E-state index in [1.807, 2.05) is 0 Å². The molecule has 0 aliphatic carbocycles. The molecule has 1 saturated heterocycles. The zero-order valence-corrected chi connectivity index (χ0v) is 11.6. The van der Waals surface area contributed by atoms with E-state index in [0.29, 0.717) is 0 Å². The van der Waals surface area contributed by atoms with Crippen molar-refractivity contribution < 1.29 is 24.2 Å². The highest BCUT2D eigenvalue weighted by atomic mass is 16.6. The van der Waals surface area contributed by atoms with Crippen LogP contribution in [-0.4, -0.2) is 53.2 Å². The Morgan fingerprint density at radius 2 is 1.95 bits per heavy atom. The number of carboxylic acid groups (broad SMARTS) is 1. The molecule has 1 rings (SSSR count). The Morgan fingerprint density at radius 1 is 1.37 bits per heavy atom. The highest BCUT2D eigenvalue weighted by molar-refractivity contribution is 5.94. The number of imide groups is 1. The lowest BCUT2D eigenvalue weighted by Crippen LogP contribution is -2.57. The van der Waals surface area contributed by atoms with Gasteiger partial charge in [-0.1, -0.05) is 0 Å². The van der Waals surface area contributed by atoms with E-state index in [1.54, 1.807) is 27.7 Å². The number of aliphatic carboxylic acids is 1. The Balaban J connectivity index is 2.63. The molecule has 0 unspecified atom stereocenters. The van der Waals surface area contributed by atoms with Crippen molar-refractivity contribution in [2.45, 2.75) is 33.2 Å². The molecule has 19 heavy (non-hydrogen) atoms. The van der Waals surface area contributed by atoms with Gasteiger partial charge in [0, 0.05) is 5.54 Å². The predicted molar refractivity (Wildman–Crippen MR) is 66.6 cm³/mol. The molecule has 1 aliphatic rings. The predicted octanol–water partition coefficient (Wildman–Crippen LogP) is 0.444. The van der Waals surface area contributed by atoms with Crippen LogP contribution in [0.2, 0.25) is 0 Å². The molecule has 2 amide bonds. The molecule has 7 heteroatoms. The number of amides is 2. The fourth-order valence-corrected chi connectivity index (χ4v) is 1.50. The molecule has 0 radical (unpaired) electrons. The molecule has 0 aromatic carbocycles. The number of hydrogen-bond acceptors (Lipinski definition) is 5. The fourth-order valence-electron chi connectivity index (χ4n) is 1.50. The van der Waals surface area contributed by atoms with E-state index < -0.39 is 28.9 Å². The normalized spacial score (nSPS) is 16.4. The lowest BCUT2D eigenvalue weighted by Gasteiger charge is -2.39. The third kappa shape index (κ3) is 3.04. The smallest absolute Gasteiger partial charge is 0.416 e. The number of nitrogens with zero attached hydrogens (tertiary/aromatic N) is 1. The summed E-state index contributed by atoms with van der Waals surface area (Å²) in [6.07, 6.45) is -0.651. The fraction of sp³-hybridized carbons (Fsp3) is 0.750. The number of nitrogens with one attached hydrogen (secondary N) is 1. The molecule has 108 valence electrons. The van der Waals surface area contributed by atoms with Crippen LogP contribution < -0.4 is 5.32 Å². The first-order valence-corrected chi connectivity index (χ1v) is 6.05. The van der Waals surface area contributed by atoms with Crippen LogP contribution in [0.4, 0.5) is 4.79 Å². The Hall–Kier alpha value is -1.63. The average molecular weight is 272 g/mol. The van der Waals surface area contributed by atoms with Gasteiger partial charge in [0.05, 0.1) is 18.5 Å². The minimum Gasteiger partial charge on any atom is -0.481 e. The van der Waals surface area contributed by atoms with Crippen LogP contribution in [0.3, 0.4) is 0 Å². The van der Waals surface area contributed by atoms with E-state index in [-0.39, 0.29) is 19.7 Å². The molecular weight excluding hydrogens is 252 g/mol. The Labute approximate surface area is 111 Å². The number of ether oxygens (including phenoxy) is 1. The van der Waals surface area contributed by atoms with Gasteiger partial charge in [-0.15, -0.1) is 0 Å². The lowest BCUT2D eigenvalue weighted by molar-refractivity contribution is -0.151. The summed E-state index contributed by atoms with van der Waals surface area (Å²) in [4.78, 5) is 35.2. The molecule has 1 heterocycles. The van der Waals surface area contributed by atoms with Crippen LogP contribution in [0.5, 0.6) is 0 Å². The third-order valence-corrected chi connectivity index (χ3v) is 3.84. The van der Waals surface area contributed by atoms with Gasteiger partial charge >= 0.3 is 12.1 Å². The van der Waals surface area contributed by atoms with Crippen molar-refractivity contribution in [3.8, 4) is 0 Å². The average Bonchev–Trinajstić information content (AvgIpc) is 2.72. The summed E-state index contributed by atoms with van der Waals surface area (Å²) in [5, 5.41) is 12.1. The van der Waals surface area contributed by atoms with Gasteiger partial charge in [-0.25, -0.2) is 9.69 Å². The number of rotatable bonds is 5. The summed E-state index contributed by atoms with van der Waals surface area (Å²) in [6, 6.07) is 0. The van der Waals surface area contributed by atoms with Crippen LogP contribution in [-0.2, 0) is 14.3 Å². The molecule has 0 spiro atoms. The first-order chi connectivity index (χ1) is 8.59. The van der Waals surface area contributed by atoms with Crippen molar-refractivity contribution in [2.24, 2.45) is 5.41 Å². The standard InChI is InChI=1S/C12H20N2O5/c1-11(2,9(16)17)12(3,4)13-7-8(15)14-5-6-19-10(14)18/h13H,5-7H2,1-4H3,(H,16,17). The number of hydrogen-bond donors (Lipinski definition) is 2. The van der Waals surface area contributed by atoms with Gasteiger partial charge in [0.1, 0.15) is 6.61 Å². The van der Waals surface area contributed by atoms with E-state index in [2.05, 4.69) is 10.1 Å². The second-order valence-electron chi connectivity index (χ2n) is 5.57. The van der Waals surface area contributed by atoms with E-state index in [9.17, 15) is 19.5 Å². The van der Waals surface area contributed by atoms with Gasteiger partial charge in [0.25, 0.3) is 0 Å². The molecule has 0 atom stereocenters. The van der Waals surface area contributed by atoms with E-state index >= 15 is 0 Å². The molecule has 0 bridgehead atoms. The summed E-state index contributed by atoms with van der Waals surface area (Å²) < 4.78 is 4.67. The SMILES string of the molecule is CC(C)(NCC(=O)N1CCOC1=O)C(C)(C)C(=O)O. The molecular formula is C12H20N2O5. The minimum atomic E-state index is -1.06. The van der Waals surface area contributed by atoms with Gasteiger partial charge in [-0.2, -0.15) is 0 Å². The number of cyclic esters (lactones) is 1. The van der Waals surface area contributed by atoms with Crippen molar-refractivity contribution in [2.75, 3.05) is 19.7 Å². The second-order valence-corrected chi connectivity index (χ2v) is 5.57. The summed E-state index contributed by atoms with van der Waals surface area (Å²) in [5.74, 6) is -1.38. The summed E-state index contributed by atoms with van der Waals surface area (Å²) in [5.41, 5.74) is -1.86. The van der Waals surface area contributed by atoms with Crippen molar-refractivity contribution in [3.05, 3.63) is 0 Å². The van der Waals surface area contributed by atoms with Crippen LogP contribution >= 0.6 is 0 Å². The minimum absolute atomic E-state index is 0.112. The van der Waals surface area contributed by atoms with Crippen LogP contribution in [0.25, 0.3) is 0 Å². The van der Waals surface area contributed by atoms with Crippen molar-refractivity contribution >= 4 is 18.0 Å². The molecule has 0 aromatic rings. The first kappa shape index (κ1) is 15.4. The largest absolute Gasteiger partial charge is 0.481 e. The number of carbonyl (C=O) groups is 3. The molecule has 0 aromatic heterocycles. The Bertz CT molecular complexity index is 403. The summed E-state index contributed by atoms with van der Waals surface area (Å²) in [7, 11) is 0. The van der Waals surface area contributed by atoms with Crippen molar-refractivity contribution in [1.29, 1.82) is 0 Å². The molecule has 2 N–H and O–H groups in total. The summed E-state index contributed by atoms with van der Waals surface area (Å²) in [6.45, 7) is 6.90. The molecule has 1 fully saturated rings. The Morgan fingerprint density at radius 3 is 2.37 bits per heavy atom. The lowest BCUT2D eigenvalue weighted by atomic mass is 9.74. The topological polar surface area (TPSA) is 95.9 Å². The first-order valence-electron chi connectivity index (χ1n) is 6.05. The summed E-state index contributed by atoms with van der Waals surface area (Å²) >= 11 is 0. The van der Waals surface area contributed by atoms with E-state index in [4.69, 9.17) is 0 Å².